The first-order valence-corrected chi connectivity index (χ1v) is 11.7. The molecule has 0 atom stereocenters. The monoisotopic (exact) mass is 465 g/mol. The van der Waals surface area contributed by atoms with E-state index in [0.717, 1.165) is 29.3 Å². The summed E-state index contributed by atoms with van der Waals surface area (Å²) >= 11 is 0. The van der Waals surface area contributed by atoms with Gasteiger partial charge in [-0.25, -0.2) is 15.0 Å². The topological polar surface area (TPSA) is 128 Å². The molecule has 1 aliphatic carbocycles. The minimum atomic E-state index is -0.354. The van der Waals surface area contributed by atoms with Gasteiger partial charge in [0, 0.05) is 23.7 Å². The molecule has 5 aromatic rings. The molecule has 35 heavy (non-hydrogen) atoms. The summed E-state index contributed by atoms with van der Waals surface area (Å²) in [7, 11) is 0. The number of H-pyrrole nitrogens is 2. The number of para-hydroxylation sites is 1. The van der Waals surface area contributed by atoms with E-state index in [1.54, 1.807) is 30.6 Å². The van der Waals surface area contributed by atoms with E-state index < -0.39 is 0 Å². The van der Waals surface area contributed by atoms with E-state index in [9.17, 15) is 9.59 Å². The first kappa shape index (κ1) is 21.0. The lowest BCUT2D eigenvalue weighted by molar-refractivity contribution is 0.101. The number of pyridine rings is 1. The zero-order valence-corrected chi connectivity index (χ0v) is 18.8. The molecule has 9 heteroatoms. The van der Waals surface area contributed by atoms with Gasteiger partial charge < -0.3 is 9.97 Å². The Hall–Kier alpha value is -4.53. The number of nitrogens with one attached hydrogen (secondary N) is 4. The number of rotatable bonds is 5. The van der Waals surface area contributed by atoms with Crippen LogP contribution in [0.5, 0.6) is 0 Å². The molecular formula is C26H23N7O2. The van der Waals surface area contributed by atoms with Crippen LogP contribution in [0, 0.1) is 0 Å². The van der Waals surface area contributed by atoms with Gasteiger partial charge in [0.05, 0.1) is 16.8 Å². The first-order chi connectivity index (χ1) is 17.2. The number of fused-ring (bicyclic) bond motifs is 2. The molecule has 3 aromatic heterocycles. The van der Waals surface area contributed by atoms with Crippen LogP contribution < -0.4 is 10.6 Å². The molecule has 1 saturated carbocycles. The summed E-state index contributed by atoms with van der Waals surface area (Å²) in [5.41, 5.74) is 2.78. The van der Waals surface area contributed by atoms with Gasteiger partial charge in [0.15, 0.2) is 0 Å². The number of hydrogen-bond donors (Lipinski definition) is 4. The van der Waals surface area contributed by atoms with Crippen LogP contribution in [0.15, 0.2) is 60.9 Å². The third-order valence-electron chi connectivity index (χ3n) is 6.46. The number of hydrogen-bond acceptors (Lipinski definition) is 5. The number of carbonyl (C=O) groups excluding carboxylic acids is 2. The highest BCUT2D eigenvalue weighted by Crippen LogP contribution is 2.36. The summed E-state index contributed by atoms with van der Waals surface area (Å²) < 4.78 is 0. The van der Waals surface area contributed by atoms with Crippen molar-refractivity contribution in [1.29, 1.82) is 0 Å². The highest BCUT2D eigenvalue weighted by Gasteiger charge is 2.23. The van der Waals surface area contributed by atoms with Crippen LogP contribution in [-0.4, -0.2) is 36.7 Å². The molecule has 3 heterocycles. The Morgan fingerprint density at radius 3 is 2.57 bits per heavy atom. The van der Waals surface area contributed by atoms with E-state index >= 15 is 0 Å². The van der Waals surface area contributed by atoms with Gasteiger partial charge in [-0.05, 0) is 36.4 Å². The third-order valence-corrected chi connectivity index (χ3v) is 6.46. The standard InChI is InChI=1S/C26H23N7O2/c34-23(32-25-27-12-13-28-25)18-10-5-11-19-22(18)31-26(30-19)33-24(35)20-14-16-8-3-4-9-17(16)21(29-20)15-6-1-2-7-15/h3-5,8-15H,1-2,6-7H2,(H2,27,28,32,34)(H2,30,31,33,35). The number of aromatic amines is 2. The molecule has 174 valence electrons. The van der Waals surface area contributed by atoms with Crippen LogP contribution in [0.25, 0.3) is 21.8 Å². The van der Waals surface area contributed by atoms with Crippen molar-refractivity contribution in [1.82, 2.24) is 24.9 Å². The summed E-state index contributed by atoms with van der Waals surface area (Å²) in [6.07, 6.45) is 7.73. The van der Waals surface area contributed by atoms with Gasteiger partial charge in [-0.3, -0.25) is 20.2 Å². The van der Waals surface area contributed by atoms with E-state index in [1.165, 1.54) is 12.8 Å². The van der Waals surface area contributed by atoms with E-state index in [0.29, 0.717) is 34.2 Å². The highest BCUT2D eigenvalue weighted by atomic mass is 16.2. The molecule has 2 amide bonds. The molecule has 0 spiro atoms. The quantitative estimate of drug-likeness (QED) is 0.290. The molecule has 0 radical (unpaired) electrons. The minimum Gasteiger partial charge on any atom is -0.331 e. The fraction of sp³-hybridized carbons (Fsp3) is 0.192. The molecular weight excluding hydrogens is 442 g/mol. The lowest BCUT2D eigenvalue weighted by Crippen LogP contribution is -2.16. The molecule has 1 aliphatic rings. The Kier molecular flexibility index (Phi) is 5.21. The van der Waals surface area contributed by atoms with Crippen molar-refractivity contribution in [2.24, 2.45) is 0 Å². The minimum absolute atomic E-state index is 0.251. The maximum absolute atomic E-state index is 13.2. The Morgan fingerprint density at radius 2 is 1.74 bits per heavy atom. The van der Waals surface area contributed by atoms with Crippen molar-refractivity contribution in [2.45, 2.75) is 31.6 Å². The summed E-state index contributed by atoms with van der Waals surface area (Å²) in [6.45, 7) is 0. The van der Waals surface area contributed by atoms with Crippen LogP contribution in [0.2, 0.25) is 0 Å². The Morgan fingerprint density at radius 1 is 0.914 bits per heavy atom. The zero-order valence-electron chi connectivity index (χ0n) is 18.8. The number of benzene rings is 2. The highest BCUT2D eigenvalue weighted by molar-refractivity contribution is 6.12. The molecule has 0 unspecified atom stereocenters. The van der Waals surface area contributed by atoms with Crippen molar-refractivity contribution >= 4 is 45.5 Å². The SMILES string of the molecule is O=C(Nc1nc2c(C(=O)Nc3ncc[nH]3)cccc2[nH]1)c1cc2ccccc2c(C2CCCC2)n1. The molecule has 0 saturated heterocycles. The predicted molar refractivity (Wildman–Crippen MR) is 134 cm³/mol. The third kappa shape index (κ3) is 4.01. The number of nitrogens with zero attached hydrogens (tertiary/aromatic N) is 3. The van der Waals surface area contributed by atoms with Crippen molar-refractivity contribution in [3.63, 3.8) is 0 Å². The molecule has 9 nitrogen and oxygen atoms in total. The summed E-state index contributed by atoms with van der Waals surface area (Å²) in [5.74, 6) is 0.259. The van der Waals surface area contributed by atoms with Gasteiger partial charge >= 0.3 is 0 Å². The molecule has 4 N–H and O–H groups in total. The Balaban J connectivity index is 1.30. The van der Waals surface area contributed by atoms with E-state index in [4.69, 9.17) is 4.98 Å². The van der Waals surface area contributed by atoms with Gasteiger partial charge in [-0.2, -0.15) is 0 Å². The van der Waals surface area contributed by atoms with E-state index in [2.05, 4.69) is 36.6 Å². The molecule has 0 bridgehead atoms. The molecule has 0 aliphatic heterocycles. The van der Waals surface area contributed by atoms with Gasteiger partial charge in [0.1, 0.15) is 11.2 Å². The largest absolute Gasteiger partial charge is 0.331 e. The molecule has 2 aromatic carbocycles. The van der Waals surface area contributed by atoms with Crippen LogP contribution in [0.1, 0.15) is 58.1 Å². The van der Waals surface area contributed by atoms with Crippen molar-refractivity contribution in [2.75, 3.05) is 10.6 Å². The summed E-state index contributed by atoms with van der Waals surface area (Å²) in [6, 6.07) is 15.1. The number of amides is 2. The summed E-state index contributed by atoms with van der Waals surface area (Å²) in [5, 5.41) is 7.62. The second-order valence-electron chi connectivity index (χ2n) is 8.73. The van der Waals surface area contributed by atoms with E-state index in [-0.39, 0.29) is 17.8 Å². The van der Waals surface area contributed by atoms with Gasteiger partial charge in [0.25, 0.3) is 11.8 Å². The number of aromatic nitrogens is 5. The fourth-order valence-electron chi connectivity index (χ4n) is 4.81. The van der Waals surface area contributed by atoms with Gasteiger partial charge in [0.2, 0.25) is 11.9 Å². The second-order valence-corrected chi connectivity index (χ2v) is 8.73. The Bertz CT molecular complexity index is 1550. The maximum Gasteiger partial charge on any atom is 0.276 e. The number of imidazole rings is 2. The van der Waals surface area contributed by atoms with Gasteiger partial charge in [-0.15, -0.1) is 0 Å². The Labute approximate surface area is 200 Å². The molecule has 6 rings (SSSR count). The second kappa shape index (κ2) is 8.68. The average molecular weight is 466 g/mol. The summed E-state index contributed by atoms with van der Waals surface area (Å²) in [4.78, 5) is 45.2. The normalized spacial score (nSPS) is 13.9. The fourth-order valence-corrected chi connectivity index (χ4v) is 4.81. The van der Waals surface area contributed by atoms with Crippen LogP contribution in [-0.2, 0) is 0 Å². The number of carbonyl (C=O) groups is 2. The van der Waals surface area contributed by atoms with Crippen molar-refractivity contribution in [3.8, 4) is 0 Å². The smallest absolute Gasteiger partial charge is 0.276 e. The zero-order chi connectivity index (χ0) is 23.8. The van der Waals surface area contributed by atoms with Crippen LogP contribution >= 0.6 is 0 Å². The lowest BCUT2D eigenvalue weighted by Gasteiger charge is -2.14. The average Bonchev–Trinajstić information content (AvgIpc) is 3.65. The van der Waals surface area contributed by atoms with Gasteiger partial charge in [-0.1, -0.05) is 43.2 Å². The van der Waals surface area contributed by atoms with E-state index in [1.807, 2.05) is 24.3 Å². The van der Waals surface area contributed by atoms with Crippen molar-refractivity contribution < 1.29 is 9.59 Å². The van der Waals surface area contributed by atoms with Crippen molar-refractivity contribution in [3.05, 3.63) is 77.9 Å². The maximum atomic E-state index is 13.2. The first-order valence-electron chi connectivity index (χ1n) is 11.7. The lowest BCUT2D eigenvalue weighted by atomic mass is 9.97. The van der Waals surface area contributed by atoms with Crippen LogP contribution in [0.4, 0.5) is 11.9 Å². The predicted octanol–water partition coefficient (Wildman–Crippen LogP) is 5.00. The number of anilines is 2. The van der Waals surface area contributed by atoms with Crippen LogP contribution in [0.3, 0.4) is 0 Å². The molecule has 1 fully saturated rings.